The van der Waals surface area contributed by atoms with Crippen molar-refractivity contribution < 1.29 is 5.11 Å². The van der Waals surface area contributed by atoms with Crippen molar-refractivity contribution >= 4 is 5.70 Å². The SMILES string of the molecule is C[C@]12CC[C@H](O)CC1=CC[C@@H]1[C@@H]2CC[C@]2(C)C(n3cncc3C#N)=CC[C@@H]12. The zero-order valence-electron chi connectivity index (χ0n) is 16.4. The van der Waals surface area contributed by atoms with Gasteiger partial charge < -0.3 is 5.11 Å². The lowest BCUT2D eigenvalue weighted by atomic mass is 9.48. The first-order valence-electron chi connectivity index (χ1n) is 10.5. The van der Waals surface area contributed by atoms with Gasteiger partial charge >= 0.3 is 0 Å². The molecule has 1 aromatic rings. The summed E-state index contributed by atoms with van der Waals surface area (Å²) in [4.78, 5) is 4.23. The first-order valence-corrected chi connectivity index (χ1v) is 10.5. The summed E-state index contributed by atoms with van der Waals surface area (Å²) in [6.45, 7) is 4.89. The predicted molar refractivity (Wildman–Crippen MR) is 104 cm³/mol. The number of hydrogen-bond acceptors (Lipinski definition) is 3. The molecule has 4 heteroatoms. The number of allylic oxidation sites excluding steroid dienone is 3. The Morgan fingerprint density at radius 3 is 2.78 bits per heavy atom. The second-order valence-corrected chi connectivity index (χ2v) is 9.70. The van der Waals surface area contributed by atoms with Gasteiger partial charge in [-0.3, -0.25) is 4.57 Å². The average Bonchev–Trinajstić information content (AvgIpc) is 3.25. The highest BCUT2D eigenvalue weighted by Crippen LogP contribution is 2.65. The number of imidazole rings is 1. The van der Waals surface area contributed by atoms with Crippen molar-refractivity contribution in [2.75, 3.05) is 0 Å². The van der Waals surface area contributed by atoms with E-state index in [1.807, 2.05) is 10.9 Å². The van der Waals surface area contributed by atoms with Gasteiger partial charge in [-0.15, -0.1) is 0 Å². The molecular weight excluding hydrogens is 334 g/mol. The number of aliphatic hydroxyl groups is 1. The van der Waals surface area contributed by atoms with Gasteiger partial charge in [0.25, 0.3) is 0 Å². The summed E-state index contributed by atoms with van der Waals surface area (Å²) in [5, 5.41) is 19.6. The minimum absolute atomic E-state index is 0.128. The Labute approximate surface area is 161 Å². The molecule has 5 rings (SSSR count). The number of nitrogens with zero attached hydrogens (tertiary/aromatic N) is 3. The van der Waals surface area contributed by atoms with Crippen LogP contribution in [0.2, 0.25) is 0 Å². The Morgan fingerprint density at radius 2 is 1.96 bits per heavy atom. The lowest BCUT2D eigenvalue weighted by Gasteiger charge is -2.57. The summed E-state index contributed by atoms with van der Waals surface area (Å²) in [5.74, 6) is 2.08. The minimum Gasteiger partial charge on any atom is -0.393 e. The Bertz CT molecular complexity index is 874. The third-order valence-corrected chi connectivity index (χ3v) is 8.63. The largest absolute Gasteiger partial charge is 0.393 e. The second kappa shape index (κ2) is 5.82. The van der Waals surface area contributed by atoms with Crippen LogP contribution in [0.25, 0.3) is 5.70 Å². The smallest absolute Gasteiger partial charge is 0.144 e. The number of rotatable bonds is 1. The number of aromatic nitrogens is 2. The fourth-order valence-electron chi connectivity index (χ4n) is 7.13. The molecule has 0 unspecified atom stereocenters. The molecule has 2 fully saturated rings. The molecule has 1 N–H and O–H groups in total. The van der Waals surface area contributed by atoms with Gasteiger partial charge in [0.15, 0.2) is 0 Å². The van der Waals surface area contributed by atoms with Crippen LogP contribution in [0.1, 0.15) is 64.5 Å². The van der Waals surface area contributed by atoms with Gasteiger partial charge in [-0.2, -0.15) is 5.26 Å². The van der Waals surface area contributed by atoms with Gasteiger partial charge in [-0.1, -0.05) is 31.6 Å². The van der Waals surface area contributed by atoms with E-state index < -0.39 is 0 Å². The molecule has 0 spiro atoms. The van der Waals surface area contributed by atoms with E-state index in [1.54, 1.807) is 6.20 Å². The number of fused-ring (bicyclic) bond motifs is 5. The maximum Gasteiger partial charge on any atom is 0.144 e. The van der Waals surface area contributed by atoms with Crippen molar-refractivity contribution in [2.45, 2.75) is 64.9 Å². The van der Waals surface area contributed by atoms with E-state index in [9.17, 15) is 10.4 Å². The topological polar surface area (TPSA) is 61.8 Å². The molecule has 1 aromatic heterocycles. The standard InChI is InChI=1S/C23H29N3O/c1-22-9-7-17(27)11-15(22)3-4-18-19-5-6-21(23(19,2)10-8-20(18)22)26-14-25-13-16(26)12-24/h3,6,13-14,17-20,27H,4-5,7-11H2,1-2H3/t17-,18-,19-,20-,22-,23-/m0/s1. The van der Waals surface area contributed by atoms with Crippen LogP contribution in [-0.4, -0.2) is 20.8 Å². The quantitative estimate of drug-likeness (QED) is 0.746. The molecule has 4 aliphatic rings. The Morgan fingerprint density at radius 1 is 1.15 bits per heavy atom. The van der Waals surface area contributed by atoms with E-state index in [0.29, 0.717) is 17.5 Å². The second-order valence-electron chi connectivity index (χ2n) is 9.70. The Kier molecular flexibility index (Phi) is 3.72. The molecule has 4 nitrogen and oxygen atoms in total. The van der Waals surface area contributed by atoms with E-state index in [1.165, 1.54) is 24.1 Å². The molecule has 27 heavy (non-hydrogen) atoms. The number of hydrogen-bond donors (Lipinski definition) is 1. The Hall–Kier alpha value is -1.86. The number of aliphatic hydroxyl groups excluding tert-OH is 1. The molecule has 6 atom stereocenters. The van der Waals surface area contributed by atoms with Crippen LogP contribution in [0.5, 0.6) is 0 Å². The van der Waals surface area contributed by atoms with Gasteiger partial charge in [0, 0.05) is 11.1 Å². The average molecular weight is 364 g/mol. The zero-order chi connectivity index (χ0) is 18.8. The van der Waals surface area contributed by atoms with E-state index in [4.69, 9.17) is 0 Å². The summed E-state index contributed by atoms with van der Waals surface area (Å²) in [5.41, 5.74) is 3.87. The molecule has 142 valence electrons. The normalized spacial score (nSPS) is 43.0. The van der Waals surface area contributed by atoms with Gasteiger partial charge in [0.2, 0.25) is 0 Å². The summed E-state index contributed by atoms with van der Waals surface area (Å²) in [6.07, 6.45) is 15.8. The first-order chi connectivity index (χ1) is 13.0. The maximum atomic E-state index is 10.2. The van der Waals surface area contributed by atoms with Gasteiger partial charge in [-0.25, -0.2) is 4.98 Å². The van der Waals surface area contributed by atoms with Crippen LogP contribution in [0, 0.1) is 39.9 Å². The minimum atomic E-state index is -0.139. The molecule has 0 bridgehead atoms. The predicted octanol–water partition coefficient (Wildman–Crippen LogP) is 4.53. The lowest BCUT2D eigenvalue weighted by Crippen LogP contribution is -2.50. The molecule has 1 heterocycles. The number of nitriles is 1. The van der Waals surface area contributed by atoms with Crippen LogP contribution in [0.3, 0.4) is 0 Å². The molecule has 0 amide bonds. The van der Waals surface area contributed by atoms with Crippen molar-refractivity contribution in [3.63, 3.8) is 0 Å². The van der Waals surface area contributed by atoms with Crippen LogP contribution in [0.15, 0.2) is 30.2 Å². The molecule has 0 saturated heterocycles. The summed E-state index contributed by atoms with van der Waals surface area (Å²) in [7, 11) is 0. The van der Waals surface area contributed by atoms with Crippen molar-refractivity contribution in [2.24, 2.45) is 28.6 Å². The summed E-state index contributed by atoms with van der Waals surface area (Å²) in [6, 6.07) is 2.30. The lowest BCUT2D eigenvalue weighted by molar-refractivity contribution is -0.0249. The van der Waals surface area contributed by atoms with Crippen LogP contribution in [-0.2, 0) is 0 Å². The monoisotopic (exact) mass is 363 g/mol. The van der Waals surface area contributed by atoms with Crippen LogP contribution >= 0.6 is 0 Å². The molecule has 0 aromatic carbocycles. The van der Waals surface area contributed by atoms with Crippen molar-refractivity contribution in [1.29, 1.82) is 5.26 Å². The highest BCUT2D eigenvalue weighted by Gasteiger charge is 2.57. The van der Waals surface area contributed by atoms with Crippen LogP contribution in [0.4, 0.5) is 0 Å². The van der Waals surface area contributed by atoms with Crippen LogP contribution < -0.4 is 0 Å². The first kappa shape index (κ1) is 17.3. The van der Waals surface area contributed by atoms with E-state index in [-0.39, 0.29) is 16.9 Å². The fourth-order valence-corrected chi connectivity index (χ4v) is 7.13. The zero-order valence-corrected chi connectivity index (χ0v) is 16.4. The van der Waals surface area contributed by atoms with Gasteiger partial charge in [0.1, 0.15) is 11.8 Å². The molecule has 0 radical (unpaired) electrons. The van der Waals surface area contributed by atoms with E-state index >= 15 is 0 Å². The Balaban J connectivity index is 1.49. The van der Waals surface area contributed by atoms with Crippen molar-refractivity contribution in [1.82, 2.24) is 9.55 Å². The summed E-state index contributed by atoms with van der Waals surface area (Å²) >= 11 is 0. The third kappa shape index (κ3) is 2.27. The highest BCUT2D eigenvalue weighted by molar-refractivity contribution is 5.59. The van der Waals surface area contributed by atoms with E-state index in [2.05, 4.69) is 37.1 Å². The van der Waals surface area contributed by atoms with Crippen molar-refractivity contribution in [3.8, 4) is 6.07 Å². The third-order valence-electron chi connectivity index (χ3n) is 8.63. The highest BCUT2D eigenvalue weighted by atomic mass is 16.3. The van der Waals surface area contributed by atoms with Gasteiger partial charge in [-0.05, 0) is 68.1 Å². The fraction of sp³-hybridized carbons (Fsp3) is 0.652. The molecule has 2 saturated carbocycles. The summed E-state index contributed by atoms with van der Waals surface area (Å²) < 4.78 is 2.03. The van der Waals surface area contributed by atoms with Gasteiger partial charge in [0.05, 0.1) is 18.6 Å². The maximum absolute atomic E-state index is 10.2. The molecule has 0 aliphatic heterocycles. The van der Waals surface area contributed by atoms with Crippen molar-refractivity contribution in [3.05, 3.63) is 35.9 Å². The molecule has 4 aliphatic carbocycles. The van der Waals surface area contributed by atoms with E-state index in [0.717, 1.165) is 38.0 Å². The molecular formula is C23H29N3O.